The van der Waals surface area contributed by atoms with Crippen LogP contribution in [0, 0.1) is 0 Å². The van der Waals surface area contributed by atoms with E-state index in [1.807, 2.05) is 6.20 Å². The minimum absolute atomic E-state index is 0. The van der Waals surface area contributed by atoms with Crippen molar-refractivity contribution in [2.75, 3.05) is 0 Å². The third-order valence-electron chi connectivity index (χ3n) is 13.6. The Morgan fingerprint density at radius 2 is 1.11 bits per heavy atom. The molecule has 8 aromatic carbocycles. The number of benzene rings is 8. The molecule has 70 heavy (non-hydrogen) atoms. The molecule has 346 valence electrons. The van der Waals surface area contributed by atoms with Crippen LogP contribution in [0.5, 0.6) is 11.5 Å². The summed E-state index contributed by atoms with van der Waals surface area (Å²) >= 11 is 0. The molecule has 6 heteroatoms. The van der Waals surface area contributed by atoms with E-state index in [-0.39, 0.29) is 17.8 Å². The maximum Gasteiger partial charge on any atom is 0.255 e. The van der Waals surface area contributed by atoms with Gasteiger partial charge in [0.05, 0.1) is 11.0 Å². The van der Waals surface area contributed by atoms with Gasteiger partial charge in [0.15, 0.2) is 11.0 Å². The number of nitrogens with zero attached hydrogens (tertiary/aromatic N) is 4. The van der Waals surface area contributed by atoms with Gasteiger partial charge in [-0.25, -0.2) is 4.98 Å². The lowest BCUT2D eigenvalue weighted by Crippen LogP contribution is -3.00. The molecule has 0 bridgehead atoms. The molecule has 3 heterocycles. The summed E-state index contributed by atoms with van der Waals surface area (Å²) in [7, 11) is 0. The number of pyridine rings is 1. The van der Waals surface area contributed by atoms with Gasteiger partial charge in [0.25, 0.3) is 6.33 Å². The Labute approximate surface area is 417 Å². The molecule has 0 amide bonds. The first-order chi connectivity index (χ1) is 33.5. The predicted molar refractivity (Wildman–Crippen MR) is 287 cm³/mol. The second kappa shape index (κ2) is 18.6. The van der Waals surface area contributed by atoms with E-state index in [2.05, 4.69) is 263 Å². The van der Waals surface area contributed by atoms with Gasteiger partial charge in [-0.1, -0.05) is 176 Å². The van der Waals surface area contributed by atoms with Crippen LogP contribution in [0.3, 0.4) is 0 Å². The summed E-state index contributed by atoms with van der Waals surface area (Å²) in [5.41, 5.74) is 17.3. The van der Waals surface area contributed by atoms with Gasteiger partial charge in [-0.3, -0.25) is 4.57 Å². The first-order valence-corrected chi connectivity index (χ1v) is 24.2. The largest absolute Gasteiger partial charge is 1.00 e. The van der Waals surface area contributed by atoms with E-state index < -0.39 is 0 Å². The summed E-state index contributed by atoms with van der Waals surface area (Å²) in [6.45, 7) is 15.9. The third-order valence-corrected chi connectivity index (χ3v) is 13.6. The standard InChI is InChI=1S/C64H57N4O.ClH/c1-42(2)51-25-18-26-52(43(3)4)62(51)46-36-48(39-50(37-46)69-49-32-33-56-55-24-14-15-29-57(55)68(60(56)40-49)61-38-47(34-35-65-61)64(5,6)7)66-41-67(59-31-17-16-30-58(59)66)63-53(44-20-10-8-11-21-44)27-19-28-54(63)45-22-12-9-13-23-45;/h8-43H,1-7H3;1H/q+1;/p-1. The van der Waals surface area contributed by atoms with Crippen molar-refractivity contribution >= 4 is 32.8 Å². The molecule has 5 nitrogen and oxygen atoms in total. The molecule has 0 saturated carbocycles. The molecule has 11 rings (SSSR count). The van der Waals surface area contributed by atoms with Crippen LogP contribution in [-0.4, -0.2) is 14.1 Å². The van der Waals surface area contributed by atoms with E-state index in [9.17, 15) is 0 Å². The molecule has 0 atom stereocenters. The van der Waals surface area contributed by atoms with E-state index in [4.69, 9.17) is 9.72 Å². The summed E-state index contributed by atoms with van der Waals surface area (Å²) in [5, 5.41) is 2.33. The Balaban J connectivity index is 0.00000567. The molecule has 0 fully saturated rings. The summed E-state index contributed by atoms with van der Waals surface area (Å²) in [5.74, 6) is 3.01. The zero-order chi connectivity index (χ0) is 47.4. The number of aromatic nitrogens is 4. The topological polar surface area (TPSA) is 35.9 Å². The van der Waals surface area contributed by atoms with E-state index in [0.717, 1.165) is 84.0 Å². The molecular formula is C64H57ClN4O. The molecule has 11 aromatic rings. The molecule has 0 aliphatic heterocycles. The molecule has 3 aromatic heterocycles. The highest BCUT2D eigenvalue weighted by Gasteiger charge is 2.27. The van der Waals surface area contributed by atoms with Gasteiger partial charge in [0.2, 0.25) is 0 Å². The van der Waals surface area contributed by atoms with E-state index in [1.165, 1.54) is 27.6 Å². The van der Waals surface area contributed by atoms with Gasteiger partial charge >= 0.3 is 0 Å². The Morgan fingerprint density at radius 3 is 1.77 bits per heavy atom. The van der Waals surface area contributed by atoms with E-state index >= 15 is 0 Å². The number of hydrogen-bond donors (Lipinski definition) is 0. The average Bonchev–Trinajstić information content (AvgIpc) is 3.92. The first-order valence-electron chi connectivity index (χ1n) is 24.2. The van der Waals surface area contributed by atoms with Gasteiger partial charge in [0, 0.05) is 40.2 Å². The monoisotopic (exact) mass is 932 g/mol. The van der Waals surface area contributed by atoms with Crippen molar-refractivity contribution in [1.29, 1.82) is 0 Å². The first kappa shape index (κ1) is 46.0. The average molecular weight is 934 g/mol. The van der Waals surface area contributed by atoms with Crippen LogP contribution in [0.25, 0.3) is 83.4 Å². The summed E-state index contributed by atoms with van der Waals surface area (Å²) in [4.78, 5) is 4.96. The molecule has 0 radical (unpaired) electrons. The van der Waals surface area contributed by atoms with Crippen LogP contribution >= 0.6 is 0 Å². The molecule has 0 unspecified atom stereocenters. The molecule has 0 saturated heterocycles. The van der Waals surface area contributed by atoms with Gasteiger partial charge < -0.3 is 17.1 Å². The van der Waals surface area contributed by atoms with Crippen LogP contribution in [0.2, 0.25) is 0 Å². The number of fused-ring (bicyclic) bond motifs is 4. The Kier molecular flexibility index (Phi) is 12.3. The van der Waals surface area contributed by atoms with Crippen molar-refractivity contribution < 1.29 is 21.7 Å². The lowest BCUT2D eigenvalue weighted by atomic mass is 9.85. The molecule has 0 aliphatic carbocycles. The lowest BCUT2D eigenvalue weighted by Gasteiger charge is -2.21. The van der Waals surface area contributed by atoms with Gasteiger partial charge in [-0.05, 0) is 111 Å². The summed E-state index contributed by atoms with van der Waals surface area (Å²) in [6.07, 6.45) is 4.20. The third kappa shape index (κ3) is 8.35. The minimum atomic E-state index is -0.0309. The zero-order valence-electron chi connectivity index (χ0n) is 40.9. The Hall–Kier alpha value is -7.73. The fraction of sp³-hybridized carbons (Fsp3) is 0.156. The zero-order valence-corrected chi connectivity index (χ0v) is 41.6. The number of imidazole rings is 1. The molecular weight excluding hydrogens is 876 g/mol. The number of rotatable bonds is 10. The highest BCUT2D eigenvalue weighted by Crippen LogP contribution is 2.42. The number of hydrogen-bond acceptors (Lipinski definition) is 2. The fourth-order valence-electron chi connectivity index (χ4n) is 10.2. The number of ether oxygens (including phenoxy) is 1. The minimum Gasteiger partial charge on any atom is -1.00 e. The van der Waals surface area contributed by atoms with Crippen LogP contribution in [0.15, 0.2) is 207 Å². The van der Waals surface area contributed by atoms with E-state index in [1.54, 1.807) is 0 Å². The van der Waals surface area contributed by atoms with Crippen LogP contribution in [0.1, 0.15) is 77.0 Å². The van der Waals surface area contributed by atoms with E-state index in [0.29, 0.717) is 11.8 Å². The van der Waals surface area contributed by atoms with Crippen LogP contribution in [-0.2, 0) is 5.41 Å². The summed E-state index contributed by atoms with van der Waals surface area (Å²) < 4.78 is 14.2. The maximum absolute atomic E-state index is 7.18. The van der Waals surface area contributed by atoms with Gasteiger partial charge in [-0.15, -0.1) is 0 Å². The van der Waals surface area contributed by atoms with Crippen molar-refractivity contribution in [1.82, 2.24) is 14.1 Å². The summed E-state index contributed by atoms with van der Waals surface area (Å²) in [6, 6.07) is 69.9. The highest BCUT2D eigenvalue weighted by atomic mass is 35.5. The van der Waals surface area contributed by atoms with Crippen LogP contribution in [0.4, 0.5) is 0 Å². The van der Waals surface area contributed by atoms with Crippen LogP contribution < -0.4 is 21.7 Å². The number of para-hydroxylation sites is 4. The highest BCUT2D eigenvalue weighted by molar-refractivity contribution is 6.09. The SMILES string of the molecule is CC(C)c1cccc(C(C)C)c1-c1cc(Oc2ccc3c4ccccc4n(-c4cc(C(C)(C)C)ccn4)c3c2)cc(-[n+]2cn(-c3c(-c4ccccc4)cccc3-c3ccccc3)c3ccccc32)c1.[Cl-]. The second-order valence-corrected chi connectivity index (χ2v) is 19.9. The lowest BCUT2D eigenvalue weighted by molar-refractivity contribution is -0.567. The molecule has 0 aliphatic rings. The van der Waals surface area contributed by atoms with Crippen molar-refractivity contribution in [3.05, 3.63) is 223 Å². The molecule has 0 N–H and O–H groups in total. The Morgan fingerprint density at radius 1 is 0.514 bits per heavy atom. The van der Waals surface area contributed by atoms with Crippen molar-refractivity contribution in [2.45, 2.75) is 65.7 Å². The van der Waals surface area contributed by atoms with Gasteiger partial charge in [-0.2, -0.15) is 9.13 Å². The van der Waals surface area contributed by atoms with Gasteiger partial charge in [0.1, 0.15) is 28.7 Å². The normalized spacial score (nSPS) is 11.8. The van der Waals surface area contributed by atoms with Crippen molar-refractivity contribution in [3.8, 4) is 62.1 Å². The Bertz CT molecular complexity index is 3610. The van der Waals surface area contributed by atoms with Crippen molar-refractivity contribution in [2.24, 2.45) is 0 Å². The smallest absolute Gasteiger partial charge is 0.255 e. The maximum atomic E-state index is 7.18. The second-order valence-electron chi connectivity index (χ2n) is 19.9. The fourth-order valence-corrected chi connectivity index (χ4v) is 10.2. The predicted octanol–water partition coefficient (Wildman–Crippen LogP) is 13.7. The quantitative estimate of drug-likeness (QED) is 0.128. The molecule has 0 spiro atoms. The number of halogens is 1. The van der Waals surface area contributed by atoms with Crippen molar-refractivity contribution in [3.63, 3.8) is 0 Å².